The number of hydrogen-bond acceptors (Lipinski definition) is 6. The maximum atomic E-state index is 12.4. The van der Waals surface area contributed by atoms with Crippen LogP contribution in [0.25, 0.3) is 0 Å². The zero-order chi connectivity index (χ0) is 15.5. The molecule has 0 bridgehead atoms. The summed E-state index contributed by atoms with van der Waals surface area (Å²) in [5.74, 6) is 0.953. The average Bonchev–Trinajstić information content (AvgIpc) is 3.04. The molecule has 0 fully saturated rings. The standard InChI is InChI=1S/C12H19N5O3S/c1-4-13-6-10-7-15-16-12(10)21(18,19)17-9(3)11-14-5-8(2)20-11/h5,7,9,13,17H,4,6H2,1-3H3,(H,15,16). The summed E-state index contributed by atoms with van der Waals surface area (Å²) in [5.41, 5.74) is 0.583. The monoisotopic (exact) mass is 313 g/mol. The van der Waals surface area contributed by atoms with Gasteiger partial charge in [0, 0.05) is 12.1 Å². The number of aromatic amines is 1. The molecule has 3 N–H and O–H groups in total. The van der Waals surface area contributed by atoms with Crippen LogP contribution in [-0.4, -0.2) is 30.1 Å². The Morgan fingerprint density at radius 2 is 2.19 bits per heavy atom. The predicted octanol–water partition coefficient (Wildman–Crippen LogP) is 0.855. The van der Waals surface area contributed by atoms with Crippen molar-refractivity contribution in [2.45, 2.75) is 38.4 Å². The van der Waals surface area contributed by atoms with Gasteiger partial charge >= 0.3 is 0 Å². The minimum Gasteiger partial charge on any atom is -0.444 e. The summed E-state index contributed by atoms with van der Waals surface area (Å²) in [6.07, 6.45) is 3.05. The summed E-state index contributed by atoms with van der Waals surface area (Å²) in [6, 6.07) is -0.570. The predicted molar refractivity (Wildman–Crippen MR) is 75.9 cm³/mol. The zero-order valence-corrected chi connectivity index (χ0v) is 13.0. The molecular formula is C12H19N5O3S. The quantitative estimate of drug-likeness (QED) is 0.698. The maximum Gasteiger partial charge on any atom is 0.258 e. The Labute approximate surface area is 123 Å². The van der Waals surface area contributed by atoms with Crippen molar-refractivity contribution in [3.63, 3.8) is 0 Å². The van der Waals surface area contributed by atoms with Gasteiger partial charge in [0.25, 0.3) is 10.0 Å². The van der Waals surface area contributed by atoms with Crippen molar-refractivity contribution in [3.05, 3.63) is 29.6 Å². The summed E-state index contributed by atoms with van der Waals surface area (Å²) in [7, 11) is -3.72. The Balaban J connectivity index is 2.16. The van der Waals surface area contributed by atoms with E-state index >= 15 is 0 Å². The topological polar surface area (TPSA) is 113 Å². The second kappa shape index (κ2) is 6.37. The Kier molecular flexibility index (Phi) is 4.76. The molecule has 2 aromatic rings. The Morgan fingerprint density at radius 1 is 1.43 bits per heavy atom. The van der Waals surface area contributed by atoms with Crippen LogP contribution in [0.3, 0.4) is 0 Å². The van der Waals surface area contributed by atoms with E-state index in [0.717, 1.165) is 6.54 Å². The fourth-order valence-corrected chi connectivity index (χ4v) is 3.16. The third-order valence-electron chi connectivity index (χ3n) is 2.85. The molecule has 116 valence electrons. The second-order valence-corrected chi connectivity index (χ2v) is 6.31. The summed E-state index contributed by atoms with van der Waals surface area (Å²) < 4.78 is 32.6. The van der Waals surface area contributed by atoms with Crippen LogP contribution in [0.4, 0.5) is 0 Å². The highest BCUT2D eigenvalue weighted by Gasteiger charge is 2.25. The van der Waals surface area contributed by atoms with Crippen LogP contribution in [0.5, 0.6) is 0 Å². The molecule has 2 rings (SSSR count). The van der Waals surface area contributed by atoms with E-state index in [9.17, 15) is 8.42 Å². The van der Waals surface area contributed by atoms with E-state index in [1.807, 2.05) is 6.92 Å². The second-order valence-electron chi connectivity index (χ2n) is 4.66. The first-order valence-electron chi connectivity index (χ1n) is 6.61. The lowest BCUT2D eigenvalue weighted by Crippen LogP contribution is -2.28. The van der Waals surface area contributed by atoms with Crippen LogP contribution >= 0.6 is 0 Å². The zero-order valence-electron chi connectivity index (χ0n) is 12.2. The summed E-state index contributed by atoms with van der Waals surface area (Å²) in [4.78, 5) is 4.02. The van der Waals surface area contributed by atoms with E-state index in [1.165, 1.54) is 6.20 Å². The molecule has 8 nitrogen and oxygen atoms in total. The van der Waals surface area contributed by atoms with Crippen molar-refractivity contribution in [2.75, 3.05) is 6.54 Å². The molecule has 21 heavy (non-hydrogen) atoms. The summed E-state index contributed by atoms with van der Waals surface area (Å²) >= 11 is 0. The van der Waals surface area contributed by atoms with Gasteiger partial charge in [-0.05, 0) is 20.4 Å². The van der Waals surface area contributed by atoms with Gasteiger partial charge in [-0.25, -0.2) is 13.4 Å². The van der Waals surface area contributed by atoms with Crippen molar-refractivity contribution in [2.24, 2.45) is 0 Å². The smallest absolute Gasteiger partial charge is 0.258 e. The number of hydrogen-bond donors (Lipinski definition) is 3. The Bertz CT molecular complexity index is 691. The van der Waals surface area contributed by atoms with Crippen molar-refractivity contribution in [1.82, 2.24) is 25.2 Å². The lowest BCUT2D eigenvalue weighted by molar-refractivity contribution is 0.427. The number of oxazole rings is 1. The molecule has 1 unspecified atom stereocenters. The lowest BCUT2D eigenvalue weighted by atomic mass is 10.3. The molecule has 0 saturated heterocycles. The molecule has 0 saturated carbocycles. The first-order valence-corrected chi connectivity index (χ1v) is 8.10. The average molecular weight is 313 g/mol. The van der Waals surface area contributed by atoms with E-state index in [-0.39, 0.29) is 5.03 Å². The molecule has 0 amide bonds. The first-order chi connectivity index (χ1) is 9.94. The molecule has 1 atom stereocenters. The molecule has 0 aromatic carbocycles. The summed E-state index contributed by atoms with van der Waals surface area (Å²) in [5, 5.41) is 9.45. The Morgan fingerprint density at radius 3 is 2.81 bits per heavy atom. The van der Waals surface area contributed by atoms with Gasteiger partial charge in [0.15, 0.2) is 5.03 Å². The lowest BCUT2D eigenvalue weighted by Gasteiger charge is -2.11. The molecule has 0 aliphatic heterocycles. The van der Waals surface area contributed by atoms with E-state index in [1.54, 1.807) is 20.0 Å². The van der Waals surface area contributed by atoms with E-state index in [4.69, 9.17) is 4.42 Å². The number of nitrogens with zero attached hydrogens (tertiary/aromatic N) is 2. The van der Waals surface area contributed by atoms with Gasteiger partial charge in [-0.15, -0.1) is 0 Å². The normalized spacial score (nSPS) is 13.5. The number of H-pyrrole nitrogens is 1. The minimum absolute atomic E-state index is 0.0542. The van der Waals surface area contributed by atoms with Gasteiger partial charge in [0.05, 0.1) is 18.4 Å². The highest BCUT2D eigenvalue weighted by atomic mass is 32.2. The molecule has 2 heterocycles. The van der Waals surface area contributed by atoms with Crippen LogP contribution in [0, 0.1) is 6.92 Å². The van der Waals surface area contributed by atoms with Gasteiger partial charge in [-0.1, -0.05) is 6.92 Å². The molecular weight excluding hydrogens is 294 g/mol. The van der Waals surface area contributed by atoms with Crippen LogP contribution in [0.15, 0.2) is 21.8 Å². The third-order valence-corrected chi connectivity index (χ3v) is 4.41. The molecule has 0 aliphatic rings. The third kappa shape index (κ3) is 3.69. The summed E-state index contributed by atoms with van der Waals surface area (Å²) in [6.45, 7) is 6.53. The number of aromatic nitrogens is 3. The first kappa shape index (κ1) is 15.7. The van der Waals surface area contributed by atoms with Gasteiger partial charge < -0.3 is 9.73 Å². The number of nitrogens with one attached hydrogen (secondary N) is 3. The Hall–Kier alpha value is -1.71. The fraction of sp³-hybridized carbons (Fsp3) is 0.500. The van der Waals surface area contributed by atoms with Crippen molar-refractivity contribution in [1.29, 1.82) is 0 Å². The number of aryl methyl sites for hydroxylation is 1. The van der Waals surface area contributed by atoms with Gasteiger partial charge in [-0.3, -0.25) is 5.10 Å². The molecule has 2 aromatic heterocycles. The van der Waals surface area contributed by atoms with Crippen LogP contribution in [0.1, 0.15) is 37.1 Å². The fourth-order valence-electron chi connectivity index (χ4n) is 1.83. The molecule has 0 radical (unpaired) electrons. The van der Waals surface area contributed by atoms with Crippen LogP contribution < -0.4 is 10.0 Å². The van der Waals surface area contributed by atoms with Gasteiger partial charge in [-0.2, -0.15) is 9.82 Å². The van der Waals surface area contributed by atoms with Gasteiger partial charge in [0.1, 0.15) is 5.76 Å². The van der Waals surface area contributed by atoms with E-state index < -0.39 is 16.1 Å². The van der Waals surface area contributed by atoms with Crippen LogP contribution in [-0.2, 0) is 16.6 Å². The minimum atomic E-state index is -3.72. The number of sulfonamides is 1. The van der Waals surface area contributed by atoms with Crippen molar-refractivity contribution >= 4 is 10.0 Å². The highest BCUT2D eigenvalue weighted by Crippen LogP contribution is 2.17. The SMILES string of the molecule is CCNCc1cn[nH]c1S(=O)(=O)NC(C)c1ncc(C)o1. The maximum absolute atomic E-state index is 12.4. The van der Waals surface area contributed by atoms with E-state index in [0.29, 0.717) is 23.8 Å². The van der Waals surface area contributed by atoms with Crippen molar-refractivity contribution in [3.8, 4) is 0 Å². The molecule has 9 heteroatoms. The van der Waals surface area contributed by atoms with Gasteiger partial charge in [0.2, 0.25) is 5.89 Å². The van der Waals surface area contributed by atoms with E-state index in [2.05, 4.69) is 25.2 Å². The largest absolute Gasteiger partial charge is 0.444 e. The molecule has 0 spiro atoms. The van der Waals surface area contributed by atoms with Crippen LogP contribution in [0.2, 0.25) is 0 Å². The molecule has 0 aliphatic carbocycles. The van der Waals surface area contributed by atoms with Crippen molar-refractivity contribution < 1.29 is 12.8 Å². The number of rotatable bonds is 7. The highest BCUT2D eigenvalue weighted by molar-refractivity contribution is 7.89.